The highest BCUT2D eigenvalue weighted by molar-refractivity contribution is 6.02. The van der Waals surface area contributed by atoms with Crippen LogP contribution in [0, 0.1) is 0 Å². The van der Waals surface area contributed by atoms with Crippen LogP contribution in [0.5, 0.6) is 0 Å². The zero-order chi connectivity index (χ0) is 16.3. The van der Waals surface area contributed by atoms with Crippen molar-refractivity contribution in [3.63, 3.8) is 0 Å². The molecule has 1 amide bonds. The van der Waals surface area contributed by atoms with Crippen LogP contribution in [0.1, 0.15) is 29.3 Å². The number of aryl methyl sites for hydroxylation is 1. The number of amides is 1. The fraction of sp³-hybridized carbons (Fsp3) is 0.250. The first-order chi connectivity index (χ1) is 11.1. The lowest BCUT2D eigenvalue weighted by Crippen LogP contribution is -2.58. The second-order valence-corrected chi connectivity index (χ2v) is 6.13. The number of nitrogens with zero attached hydrogens (tertiary/aromatic N) is 1. The van der Waals surface area contributed by atoms with E-state index < -0.39 is 5.66 Å². The van der Waals surface area contributed by atoms with Crippen LogP contribution in [0.25, 0.3) is 0 Å². The Morgan fingerprint density at radius 3 is 2.57 bits per heavy atom. The molecule has 2 aromatic rings. The van der Waals surface area contributed by atoms with Crippen LogP contribution in [-0.4, -0.2) is 23.0 Å². The maximum atomic E-state index is 12.9. The van der Waals surface area contributed by atoms with Gasteiger partial charge >= 0.3 is 0 Å². The summed E-state index contributed by atoms with van der Waals surface area (Å²) in [6, 6.07) is 18.1. The third-order valence-corrected chi connectivity index (χ3v) is 4.46. The van der Waals surface area contributed by atoms with E-state index in [0.717, 1.165) is 24.1 Å². The Kier molecular flexibility index (Phi) is 4.20. The van der Waals surface area contributed by atoms with Gasteiger partial charge in [-0.05, 0) is 37.5 Å². The minimum atomic E-state index is -0.421. The number of rotatable bonds is 5. The normalized spacial score (nSPS) is 19.9. The molecular formula is C20H22N2O. The van der Waals surface area contributed by atoms with Gasteiger partial charge in [-0.15, -0.1) is 6.58 Å². The molecule has 1 heterocycles. The van der Waals surface area contributed by atoms with E-state index >= 15 is 0 Å². The van der Waals surface area contributed by atoms with Crippen LogP contribution in [0.4, 0.5) is 5.69 Å². The number of nitrogens with one attached hydrogen (secondary N) is 1. The Morgan fingerprint density at radius 2 is 1.83 bits per heavy atom. The highest BCUT2D eigenvalue weighted by Crippen LogP contribution is 2.33. The van der Waals surface area contributed by atoms with E-state index in [-0.39, 0.29) is 5.91 Å². The second kappa shape index (κ2) is 6.29. The van der Waals surface area contributed by atoms with Gasteiger partial charge in [0.05, 0.1) is 5.56 Å². The molecule has 0 saturated carbocycles. The summed E-state index contributed by atoms with van der Waals surface area (Å²) < 4.78 is 0. The number of para-hydroxylation sites is 1. The van der Waals surface area contributed by atoms with E-state index in [1.807, 2.05) is 47.4 Å². The zero-order valence-electron chi connectivity index (χ0n) is 13.5. The number of anilines is 1. The van der Waals surface area contributed by atoms with Gasteiger partial charge in [0.25, 0.3) is 5.91 Å². The summed E-state index contributed by atoms with van der Waals surface area (Å²) >= 11 is 0. The topological polar surface area (TPSA) is 32.3 Å². The van der Waals surface area contributed by atoms with Gasteiger partial charge in [-0.25, -0.2) is 0 Å². The smallest absolute Gasteiger partial charge is 0.258 e. The largest absolute Gasteiger partial charge is 0.362 e. The van der Waals surface area contributed by atoms with E-state index in [9.17, 15) is 4.79 Å². The second-order valence-electron chi connectivity index (χ2n) is 6.13. The van der Waals surface area contributed by atoms with Gasteiger partial charge in [0, 0.05) is 12.2 Å². The number of carbonyl (C=O) groups is 1. The molecule has 1 atom stereocenters. The Morgan fingerprint density at radius 1 is 1.13 bits per heavy atom. The van der Waals surface area contributed by atoms with E-state index in [4.69, 9.17) is 0 Å². The third kappa shape index (κ3) is 3.00. The Bertz CT molecular complexity index is 711. The Balaban J connectivity index is 1.88. The lowest BCUT2D eigenvalue weighted by molar-refractivity contribution is 0.0562. The molecule has 0 unspecified atom stereocenters. The van der Waals surface area contributed by atoms with Crippen LogP contribution in [0.2, 0.25) is 0 Å². The lowest BCUT2D eigenvalue weighted by Gasteiger charge is -2.46. The minimum absolute atomic E-state index is 0.0646. The summed E-state index contributed by atoms with van der Waals surface area (Å²) in [4.78, 5) is 14.8. The Labute approximate surface area is 137 Å². The van der Waals surface area contributed by atoms with E-state index in [1.54, 1.807) is 6.08 Å². The highest BCUT2D eigenvalue weighted by Gasteiger charge is 2.39. The SMILES string of the molecule is C=CCN1C(=O)c2ccccc2N[C@]1(C)CCc1ccccc1. The van der Waals surface area contributed by atoms with Gasteiger partial charge < -0.3 is 10.2 Å². The van der Waals surface area contributed by atoms with E-state index in [1.165, 1.54) is 5.56 Å². The van der Waals surface area contributed by atoms with Gasteiger partial charge in [0.2, 0.25) is 0 Å². The van der Waals surface area contributed by atoms with Crippen molar-refractivity contribution in [1.82, 2.24) is 4.90 Å². The quantitative estimate of drug-likeness (QED) is 0.844. The van der Waals surface area contributed by atoms with Crippen LogP contribution >= 0.6 is 0 Å². The summed E-state index contributed by atoms with van der Waals surface area (Å²) in [5.74, 6) is 0.0646. The van der Waals surface area contributed by atoms with E-state index in [2.05, 4.69) is 31.0 Å². The summed E-state index contributed by atoms with van der Waals surface area (Å²) in [6.45, 7) is 6.43. The van der Waals surface area contributed by atoms with Crippen molar-refractivity contribution in [2.45, 2.75) is 25.4 Å². The maximum Gasteiger partial charge on any atom is 0.258 e. The van der Waals surface area contributed by atoms with Gasteiger partial charge in [-0.1, -0.05) is 48.5 Å². The predicted octanol–water partition coefficient (Wildman–Crippen LogP) is 4.09. The fourth-order valence-corrected chi connectivity index (χ4v) is 3.15. The number of fused-ring (bicyclic) bond motifs is 1. The number of carbonyl (C=O) groups excluding carboxylic acids is 1. The van der Waals surface area contributed by atoms with Crippen LogP contribution in [0.15, 0.2) is 67.3 Å². The highest BCUT2D eigenvalue weighted by atomic mass is 16.2. The fourth-order valence-electron chi connectivity index (χ4n) is 3.15. The molecular weight excluding hydrogens is 284 g/mol. The first kappa shape index (κ1) is 15.3. The van der Waals surface area contributed by atoms with E-state index in [0.29, 0.717) is 6.54 Å². The third-order valence-electron chi connectivity index (χ3n) is 4.46. The van der Waals surface area contributed by atoms with Crippen LogP contribution in [0.3, 0.4) is 0 Å². The molecule has 3 heteroatoms. The molecule has 0 bridgehead atoms. The minimum Gasteiger partial charge on any atom is -0.362 e. The van der Waals surface area contributed by atoms with Gasteiger partial charge in [0.15, 0.2) is 0 Å². The summed E-state index contributed by atoms with van der Waals surface area (Å²) in [7, 11) is 0. The number of benzene rings is 2. The van der Waals surface area contributed by atoms with Crippen molar-refractivity contribution in [1.29, 1.82) is 0 Å². The average molecular weight is 306 g/mol. The van der Waals surface area contributed by atoms with Crippen LogP contribution < -0.4 is 5.32 Å². The number of hydrogen-bond acceptors (Lipinski definition) is 2. The molecule has 0 fully saturated rings. The standard InChI is InChI=1S/C20H22N2O/c1-3-15-22-19(23)17-11-7-8-12-18(17)21-20(22,2)14-13-16-9-5-4-6-10-16/h3-12,21H,1,13-15H2,2H3/t20-/m0/s1. The molecule has 23 heavy (non-hydrogen) atoms. The number of hydrogen-bond donors (Lipinski definition) is 1. The molecule has 0 radical (unpaired) electrons. The van der Waals surface area contributed by atoms with Crippen LogP contribution in [-0.2, 0) is 6.42 Å². The lowest BCUT2D eigenvalue weighted by atomic mass is 9.94. The van der Waals surface area contributed by atoms with Gasteiger partial charge in [0.1, 0.15) is 5.66 Å². The van der Waals surface area contributed by atoms with Crippen molar-refractivity contribution in [2.24, 2.45) is 0 Å². The maximum absolute atomic E-state index is 12.9. The predicted molar refractivity (Wildman–Crippen MR) is 94.5 cm³/mol. The van der Waals surface area contributed by atoms with Crippen molar-refractivity contribution in [3.8, 4) is 0 Å². The molecule has 1 aliphatic rings. The molecule has 1 aliphatic heterocycles. The van der Waals surface area contributed by atoms with Gasteiger partial charge in [-0.2, -0.15) is 0 Å². The first-order valence-electron chi connectivity index (χ1n) is 7.98. The van der Waals surface area contributed by atoms with Gasteiger partial charge in [-0.3, -0.25) is 4.79 Å². The monoisotopic (exact) mass is 306 g/mol. The van der Waals surface area contributed by atoms with Crippen molar-refractivity contribution >= 4 is 11.6 Å². The Hall–Kier alpha value is -2.55. The van der Waals surface area contributed by atoms with Crippen molar-refractivity contribution in [3.05, 3.63) is 78.4 Å². The molecule has 3 rings (SSSR count). The average Bonchev–Trinajstić information content (AvgIpc) is 2.58. The molecule has 0 aromatic heterocycles. The zero-order valence-corrected chi connectivity index (χ0v) is 13.5. The molecule has 1 N–H and O–H groups in total. The molecule has 0 spiro atoms. The molecule has 0 saturated heterocycles. The molecule has 0 aliphatic carbocycles. The molecule has 3 nitrogen and oxygen atoms in total. The molecule has 118 valence electrons. The first-order valence-corrected chi connectivity index (χ1v) is 7.98. The molecule has 2 aromatic carbocycles. The summed E-state index contributed by atoms with van der Waals surface area (Å²) in [5, 5.41) is 3.57. The van der Waals surface area contributed by atoms with Crippen molar-refractivity contribution in [2.75, 3.05) is 11.9 Å². The van der Waals surface area contributed by atoms with Crippen molar-refractivity contribution < 1.29 is 4.79 Å². The summed E-state index contributed by atoms with van der Waals surface area (Å²) in [6.07, 6.45) is 3.53. The summed E-state index contributed by atoms with van der Waals surface area (Å²) in [5.41, 5.74) is 2.50.